The number of rotatable bonds is 7. The molecule has 0 bridgehead atoms. The molecule has 0 heterocycles. The molecule has 7 heteroatoms. The van der Waals surface area contributed by atoms with Crippen molar-refractivity contribution >= 4 is 17.6 Å². The van der Waals surface area contributed by atoms with E-state index in [1.54, 1.807) is 12.1 Å². The molecule has 1 N–H and O–H groups in total. The highest BCUT2D eigenvalue weighted by atomic mass is 19.1. The maximum absolute atomic E-state index is 13.5. The highest BCUT2D eigenvalue weighted by molar-refractivity contribution is 5.95. The second-order valence-electron chi connectivity index (χ2n) is 5.63. The second-order valence-corrected chi connectivity index (χ2v) is 5.63. The monoisotopic (exact) mass is 363 g/mol. The molecule has 0 aliphatic heterocycles. The van der Waals surface area contributed by atoms with Crippen LogP contribution >= 0.6 is 0 Å². The van der Waals surface area contributed by atoms with E-state index in [0.29, 0.717) is 5.75 Å². The number of carbonyl (C=O) groups is 2. The van der Waals surface area contributed by atoms with E-state index in [2.05, 4.69) is 5.32 Å². The molecule has 2 rings (SSSR count). The van der Waals surface area contributed by atoms with Crippen molar-refractivity contribution in [1.82, 2.24) is 0 Å². The van der Waals surface area contributed by atoms with Gasteiger partial charge in [-0.15, -0.1) is 0 Å². The van der Waals surface area contributed by atoms with Crippen LogP contribution in [0.4, 0.5) is 14.5 Å². The predicted octanol–water partition coefficient (Wildman–Crippen LogP) is 3.61. The normalized spacial score (nSPS) is 11.5. The molecule has 5 nitrogen and oxygen atoms in total. The molecule has 138 valence electrons. The number of esters is 1. The van der Waals surface area contributed by atoms with Gasteiger partial charge < -0.3 is 14.8 Å². The van der Waals surface area contributed by atoms with Gasteiger partial charge in [0.05, 0.1) is 13.0 Å². The molecule has 0 saturated heterocycles. The SMILES string of the molecule is Cc1ccc(OCCC(=O)O[C@H](C)C(=O)Nc2c(F)cccc2F)cc1. The van der Waals surface area contributed by atoms with Crippen molar-refractivity contribution in [2.24, 2.45) is 0 Å². The number of benzene rings is 2. The number of ether oxygens (including phenoxy) is 2. The van der Waals surface area contributed by atoms with Gasteiger partial charge in [-0.3, -0.25) is 9.59 Å². The summed E-state index contributed by atoms with van der Waals surface area (Å²) in [6, 6.07) is 10.5. The van der Waals surface area contributed by atoms with Crippen LogP contribution in [0.25, 0.3) is 0 Å². The van der Waals surface area contributed by atoms with Crippen LogP contribution in [0.15, 0.2) is 42.5 Å². The van der Waals surface area contributed by atoms with Crippen LogP contribution in [0.5, 0.6) is 5.75 Å². The van der Waals surface area contributed by atoms with Crippen LogP contribution in [0.2, 0.25) is 0 Å². The zero-order valence-electron chi connectivity index (χ0n) is 14.4. The third-order valence-electron chi connectivity index (χ3n) is 3.48. The van der Waals surface area contributed by atoms with Crippen molar-refractivity contribution in [1.29, 1.82) is 0 Å². The fourth-order valence-corrected chi connectivity index (χ4v) is 2.04. The molecule has 26 heavy (non-hydrogen) atoms. The first-order valence-electron chi connectivity index (χ1n) is 8.00. The Morgan fingerprint density at radius 3 is 2.31 bits per heavy atom. The highest BCUT2D eigenvalue weighted by Gasteiger charge is 2.20. The van der Waals surface area contributed by atoms with Crippen molar-refractivity contribution in [2.75, 3.05) is 11.9 Å². The lowest BCUT2D eigenvalue weighted by Crippen LogP contribution is -2.31. The number of hydrogen-bond donors (Lipinski definition) is 1. The van der Waals surface area contributed by atoms with E-state index in [0.717, 1.165) is 17.7 Å². The first kappa shape index (κ1) is 19.4. The van der Waals surface area contributed by atoms with Crippen molar-refractivity contribution in [2.45, 2.75) is 26.4 Å². The van der Waals surface area contributed by atoms with Crippen LogP contribution in [-0.2, 0) is 14.3 Å². The molecular weight excluding hydrogens is 344 g/mol. The lowest BCUT2D eigenvalue weighted by molar-refractivity contribution is -0.153. The van der Waals surface area contributed by atoms with Gasteiger partial charge in [0, 0.05) is 0 Å². The minimum atomic E-state index is -1.21. The Hall–Kier alpha value is -2.96. The van der Waals surface area contributed by atoms with Crippen molar-refractivity contribution < 1.29 is 27.8 Å². The first-order chi connectivity index (χ1) is 12.4. The Labute approximate surface area is 149 Å². The summed E-state index contributed by atoms with van der Waals surface area (Å²) in [5.41, 5.74) is 0.506. The number of halogens is 2. The van der Waals surface area contributed by atoms with Crippen LogP contribution in [0.3, 0.4) is 0 Å². The standard InChI is InChI=1S/C19H19F2NO4/c1-12-6-8-14(9-7-12)25-11-10-17(23)26-13(2)19(24)22-18-15(20)4-3-5-16(18)21/h3-9,13H,10-11H2,1-2H3,(H,22,24)/t13-/m1/s1. The van der Waals surface area contributed by atoms with E-state index in [1.165, 1.54) is 13.0 Å². The number of hydrogen-bond acceptors (Lipinski definition) is 4. The Morgan fingerprint density at radius 2 is 1.69 bits per heavy atom. The van der Waals surface area contributed by atoms with E-state index < -0.39 is 35.3 Å². The summed E-state index contributed by atoms with van der Waals surface area (Å²) in [6.45, 7) is 3.34. The topological polar surface area (TPSA) is 64.6 Å². The summed E-state index contributed by atoms with van der Waals surface area (Å²) in [5, 5.41) is 2.07. The summed E-state index contributed by atoms with van der Waals surface area (Å²) in [7, 11) is 0. The minimum Gasteiger partial charge on any atom is -0.493 e. The van der Waals surface area contributed by atoms with E-state index in [4.69, 9.17) is 9.47 Å². The Bertz CT molecular complexity index is 757. The Balaban J connectivity index is 1.78. The van der Waals surface area contributed by atoms with Gasteiger partial charge in [-0.25, -0.2) is 8.78 Å². The molecule has 1 atom stereocenters. The van der Waals surface area contributed by atoms with Gasteiger partial charge in [-0.2, -0.15) is 0 Å². The lowest BCUT2D eigenvalue weighted by Gasteiger charge is -2.14. The quantitative estimate of drug-likeness (QED) is 0.763. The fraction of sp³-hybridized carbons (Fsp3) is 0.263. The number of carbonyl (C=O) groups excluding carboxylic acids is 2. The van der Waals surface area contributed by atoms with E-state index in [9.17, 15) is 18.4 Å². The summed E-state index contributed by atoms with van der Waals surface area (Å²) < 4.78 is 37.4. The summed E-state index contributed by atoms with van der Waals surface area (Å²) >= 11 is 0. The molecule has 2 aromatic carbocycles. The van der Waals surface area contributed by atoms with Crippen LogP contribution in [-0.4, -0.2) is 24.6 Å². The maximum Gasteiger partial charge on any atom is 0.310 e. The van der Waals surface area contributed by atoms with Gasteiger partial charge in [0.1, 0.15) is 23.1 Å². The third-order valence-corrected chi connectivity index (χ3v) is 3.48. The first-order valence-corrected chi connectivity index (χ1v) is 8.00. The van der Waals surface area contributed by atoms with E-state index >= 15 is 0 Å². The third kappa shape index (κ3) is 5.54. The van der Waals surface area contributed by atoms with Gasteiger partial charge in [-0.1, -0.05) is 23.8 Å². The predicted molar refractivity (Wildman–Crippen MR) is 91.8 cm³/mol. The molecule has 0 aliphatic rings. The summed E-state index contributed by atoms with van der Waals surface area (Å²) in [5.74, 6) is -2.70. The van der Waals surface area contributed by atoms with Crippen molar-refractivity contribution in [3.05, 3.63) is 59.7 Å². The number of para-hydroxylation sites is 1. The largest absolute Gasteiger partial charge is 0.493 e. The average Bonchev–Trinajstić information content (AvgIpc) is 2.59. The average molecular weight is 363 g/mol. The van der Waals surface area contributed by atoms with Crippen molar-refractivity contribution in [3.63, 3.8) is 0 Å². The Morgan fingerprint density at radius 1 is 1.08 bits per heavy atom. The molecule has 0 unspecified atom stereocenters. The van der Waals surface area contributed by atoms with Gasteiger partial charge in [0.25, 0.3) is 5.91 Å². The second kappa shape index (κ2) is 8.94. The summed E-state index contributed by atoms with van der Waals surface area (Å²) in [4.78, 5) is 23.7. The van der Waals surface area contributed by atoms with Crippen LogP contribution in [0, 0.1) is 18.6 Å². The number of amides is 1. The molecule has 1 amide bonds. The molecule has 0 aliphatic carbocycles. The Kier molecular flexibility index (Phi) is 6.66. The van der Waals surface area contributed by atoms with E-state index in [-0.39, 0.29) is 13.0 Å². The molecule has 0 aromatic heterocycles. The molecule has 0 saturated carbocycles. The molecule has 2 aromatic rings. The zero-order chi connectivity index (χ0) is 19.1. The molecule has 0 radical (unpaired) electrons. The highest BCUT2D eigenvalue weighted by Crippen LogP contribution is 2.18. The van der Waals surface area contributed by atoms with Crippen LogP contribution < -0.4 is 10.1 Å². The van der Waals surface area contributed by atoms with Gasteiger partial charge in [0.2, 0.25) is 0 Å². The lowest BCUT2D eigenvalue weighted by atomic mass is 10.2. The number of nitrogens with one attached hydrogen (secondary N) is 1. The van der Waals surface area contributed by atoms with Crippen molar-refractivity contribution in [3.8, 4) is 5.75 Å². The maximum atomic E-state index is 13.5. The van der Waals surface area contributed by atoms with Gasteiger partial charge in [-0.05, 0) is 38.1 Å². The van der Waals surface area contributed by atoms with E-state index in [1.807, 2.05) is 19.1 Å². The van der Waals surface area contributed by atoms with Gasteiger partial charge >= 0.3 is 5.97 Å². The van der Waals surface area contributed by atoms with Crippen LogP contribution in [0.1, 0.15) is 18.9 Å². The number of aryl methyl sites for hydroxylation is 1. The zero-order valence-corrected chi connectivity index (χ0v) is 14.4. The molecule has 0 fully saturated rings. The molecule has 0 spiro atoms. The minimum absolute atomic E-state index is 0.0699. The molecular formula is C19H19F2NO4. The smallest absolute Gasteiger partial charge is 0.310 e. The van der Waals surface area contributed by atoms with Gasteiger partial charge in [0.15, 0.2) is 6.10 Å². The number of anilines is 1. The fourth-order valence-electron chi connectivity index (χ4n) is 2.04. The summed E-state index contributed by atoms with van der Waals surface area (Å²) in [6.07, 6.45) is -1.28.